The molecule has 0 radical (unpaired) electrons. The molecule has 2 rings (SSSR count). The molecular weight excluding hydrogens is 258 g/mol. The molecule has 104 valence electrons. The van der Waals surface area contributed by atoms with E-state index in [1.807, 2.05) is 19.1 Å². The van der Waals surface area contributed by atoms with E-state index in [9.17, 15) is 5.11 Å². The zero-order chi connectivity index (χ0) is 13.7. The first kappa shape index (κ1) is 14.3. The van der Waals surface area contributed by atoms with Crippen LogP contribution in [0, 0.1) is 0 Å². The lowest BCUT2D eigenvalue weighted by atomic mass is 10.1. The zero-order valence-corrected chi connectivity index (χ0v) is 12.3. The van der Waals surface area contributed by atoms with Crippen LogP contribution in [0.5, 0.6) is 5.75 Å². The summed E-state index contributed by atoms with van der Waals surface area (Å²) in [5, 5.41) is 13.8. The SMILES string of the molecule is COc1ccc(CC/C=C2/NC(C)(CO)CS2)cc1. The fourth-order valence-corrected chi connectivity index (χ4v) is 3.16. The maximum Gasteiger partial charge on any atom is 0.118 e. The van der Waals surface area contributed by atoms with Crippen molar-refractivity contribution in [3.63, 3.8) is 0 Å². The second kappa shape index (κ2) is 6.35. The molecule has 19 heavy (non-hydrogen) atoms. The van der Waals surface area contributed by atoms with Crippen LogP contribution in [0.1, 0.15) is 18.9 Å². The van der Waals surface area contributed by atoms with Gasteiger partial charge < -0.3 is 15.2 Å². The van der Waals surface area contributed by atoms with Crippen molar-refractivity contribution in [2.45, 2.75) is 25.3 Å². The Morgan fingerprint density at radius 3 is 2.74 bits per heavy atom. The van der Waals surface area contributed by atoms with Crippen LogP contribution in [0.15, 0.2) is 35.4 Å². The minimum Gasteiger partial charge on any atom is -0.497 e. The molecule has 1 aliphatic rings. The van der Waals surface area contributed by atoms with Crippen LogP contribution in [0.25, 0.3) is 0 Å². The third-order valence-corrected chi connectivity index (χ3v) is 4.60. The number of methoxy groups -OCH3 is 1. The Bertz CT molecular complexity index is 444. The molecule has 1 heterocycles. The summed E-state index contributed by atoms with van der Waals surface area (Å²) in [4.78, 5) is 0. The van der Waals surface area contributed by atoms with Gasteiger partial charge in [-0.25, -0.2) is 0 Å². The largest absolute Gasteiger partial charge is 0.497 e. The van der Waals surface area contributed by atoms with Gasteiger partial charge in [0.2, 0.25) is 0 Å². The minimum absolute atomic E-state index is 0.156. The standard InChI is InChI=1S/C15H21NO2S/c1-15(10-17)11-19-14(16-15)5-3-4-12-6-8-13(18-2)9-7-12/h5-9,16-17H,3-4,10-11H2,1-2H3/b14-5-. The molecule has 3 nitrogen and oxygen atoms in total. The topological polar surface area (TPSA) is 41.5 Å². The quantitative estimate of drug-likeness (QED) is 0.869. The monoisotopic (exact) mass is 279 g/mol. The average molecular weight is 279 g/mol. The Morgan fingerprint density at radius 1 is 1.42 bits per heavy atom. The predicted octanol–water partition coefficient (Wildman–Crippen LogP) is 2.56. The van der Waals surface area contributed by atoms with E-state index < -0.39 is 0 Å². The van der Waals surface area contributed by atoms with Crippen molar-refractivity contribution < 1.29 is 9.84 Å². The third-order valence-electron chi connectivity index (χ3n) is 3.24. The molecule has 0 aliphatic carbocycles. The summed E-state index contributed by atoms with van der Waals surface area (Å²) in [7, 11) is 1.68. The van der Waals surface area contributed by atoms with E-state index in [1.54, 1.807) is 18.9 Å². The lowest BCUT2D eigenvalue weighted by molar-refractivity contribution is 0.208. The molecule has 1 aliphatic heterocycles. The van der Waals surface area contributed by atoms with Crippen LogP contribution >= 0.6 is 11.8 Å². The van der Waals surface area contributed by atoms with Crippen molar-refractivity contribution >= 4 is 11.8 Å². The van der Waals surface area contributed by atoms with Crippen LogP contribution in [0.2, 0.25) is 0 Å². The van der Waals surface area contributed by atoms with E-state index in [0.29, 0.717) is 0 Å². The lowest BCUT2D eigenvalue weighted by Gasteiger charge is -2.20. The number of nitrogens with one attached hydrogen (secondary N) is 1. The molecule has 1 atom stereocenters. The fourth-order valence-electron chi connectivity index (χ4n) is 1.96. The molecule has 1 fully saturated rings. The summed E-state index contributed by atoms with van der Waals surface area (Å²) in [5.74, 6) is 1.83. The van der Waals surface area contributed by atoms with Gasteiger partial charge in [-0.15, -0.1) is 11.8 Å². The molecule has 0 spiro atoms. The van der Waals surface area contributed by atoms with Crippen molar-refractivity contribution in [3.8, 4) is 5.75 Å². The number of benzene rings is 1. The van der Waals surface area contributed by atoms with Gasteiger partial charge in [-0.2, -0.15) is 0 Å². The van der Waals surface area contributed by atoms with Gasteiger partial charge in [0, 0.05) is 5.75 Å². The number of aryl methyl sites for hydroxylation is 1. The van der Waals surface area contributed by atoms with Gasteiger partial charge in [-0.1, -0.05) is 18.2 Å². The summed E-state index contributed by atoms with van der Waals surface area (Å²) in [5.41, 5.74) is 1.15. The van der Waals surface area contributed by atoms with Crippen LogP contribution in [0.3, 0.4) is 0 Å². The maximum atomic E-state index is 9.28. The number of hydrogen-bond acceptors (Lipinski definition) is 4. The highest BCUT2D eigenvalue weighted by atomic mass is 32.2. The Kier molecular flexibility index (Phi) is 4.77. The van der Waals surface area contributed by atoms with E-state index >= 15 is 0 Å². The first-order valence-electron chi connectivity index (χ1n) is 6.50. The molecule has 1 aromatic rings. The Morgan fingerprint density at radius 2 is 2.16 bits per heavy atom. The van der Waals surface area contributed by atoms with Crippen molar-refractivity contribution in [2.75, 3.05) is 19.5 Å². The molecule has 0 saturated carbocycles. The minimum atomic E-state index is -0.156. The second-order valence-corrected chi connectivity index (χ2v) is 6.10. The Hall–Kier alpha value is -1.13. The predicted molar refractivity (Wildman–Crippen MR) is 80.5 cm³/mol. The van der Waals surface area contributed by atoms with Crippen LogP contribution in [-0.4, -0.2) is 30.1 Å². The first-order chi connectivity index (χ1) is 9.15. The van der Waals surface area contributed by atoms with Gasteiger partial charge in [-0.05, 0) is 37.5 Å². The van der Waals surface area contributed by atoms with E-state index in [1.165, 1.54) is 10.6 Å². The van der Waals surface area contributed by atoms with Gasteiger partial charge in [0.15, 0.2) is 0 Å². The number of allylic oxidation sites excluding steroid dienone is 1. The highest BCUT2D eigenvalue weighted by molar-refractivity contribution is 8.03. The maximum absolute atomic E-state index is 9.28. The fraction of sp³-hybridized carbons (Fsp3) is 0.467. The normalized spacial score (nSPS) is 24.5. The number of rotatable bonds is 5. The molecule has 1 aromatic carbocycles. The number of ether oxygens (including phenoxy) is 1. The molecule has 4 heteroatoms. The van der Waals surface area contributed by atoms with Crippen LogP contribution in [-0.2, 0) is 6.42 Å². The molecule has 2 N–H and O–H groups in total. The molecule has 0 aromatic heterocycles. The number of hydrogen-bond donors (Lipinski definition) is 2. The van der Waals surface area contributed by atoms with Gasteiger partial charge >= 0.3 is 0 Å². The van der Waals surface area contributed by atoms with Gasteiger partial charge in [0.25, 0.3) is 0 Å². The zero-order valence-electron chi connectivity index (χ0n) is 11.5. The first-order valence-corrected chi connectivity index (χ1v) is 7.49. The number of aliphatic hydroxyl groups excluding tert-OH is 1. The number of aliphatic hydroxyl groups is 1. The molecular formula is C15H21NO2S. The van der Waals surface area contributed by atoms with Crippen molar-refractivity contribution in [1.29, 1.82) is 0 Å². The van der Waals surface area contributed by atoms with Crippen LogP contribution in [0.4, 0.5) is 0 Å². The van der Waals surface area contributed by atoms with Crippen molar-refractivity contribution in [1.82, 2.24) is 5.32 Å². The summed E-state index contributed by atoms with van der Waals surface area (Å²) in [6.45, 7) is 2.22. The lowest BCUT2D eigenvalue weighted by Crippen LogP contribution is -2.41. The Balaban J connectivity index is 1.83. The van der Waals surface area contributed by atoms with E-state index in [-0.39, 0.29) is 12.1 Å². The van der Waals surface area contributed by atoms with Crippen LogP contribution < -0.4 is 10.1 Å². The molecule has 1 unspecified atom stereocenters. The summed E-state index contributed by atoms with van der Waals surface area (Å²) < 4.78 is 5.14. The highest BCUT2D eigenvalue weighted by Crippen LogP contribution is 2.29. The van der Waals surface area contributed by atoms with Gasteiger partial charge in [0.05, 0.1) is 24.3 Å². The van der Waals surface area contributed by atoms with Crippen molar-refractivity contribution in [3.05, 3.63) is 40.9 Å². The number of thioether (sulfide) groups is 1. The highest BCUT2D eigenvalue weighted by Gasteiger charge is 2.30. The van der Waals surface area contributed by atoms with Crippen molar-refractivity contribution in [2.24, 2.45) is 0 Å². The van der Waals surface area contributed by atoms with E-state index in [0.717, 1.165) is 24.3 Å². The summed E-state index contributed by atoms with van der Waals surface area (Å²) >= 11 is 1.79. The average Bonchev–Trinajstić information content (AvgIpc) is 2.82. The molecule has 1 saturated heterocycles. The third kappa shape index (κ3) is 3.91. The van der Waals surface area contributed by atoms with Gasteiger partial charge in [-0.3, -0.25) is 0 Å². The summed E-state index contributed by atoms with van der Waals surface area (Å²) in [6.07, 6.45) is 4.24. The molecule has 0 bridgehead atoms. The second-order valence-electron chi connectivity index (χ2n) is 5.09. The van der Waals surface area contributed by atoms with E-state index in [4.69, 9.17) is 4.74 Å². The summed E-state index contributed by atoms with van der Waals surface area (Å²) in [6, 6.07) is 8.19. The smallest absolute Gasteiger partial charge is 0.118 e. The Labute approximate surface area is 119 Å². The molecule has 0 amide bonds. The van der Waals surface area contributed by atoms with Gasteiger partial charge in [0.1, 0.15) is 5.75 Å². The van der Waals surface area contributed by atoms with E-state index in [2.05, 4.69) is 23.5 Å².